The molecule has 224 valence electrons. The molecule has 0 radical (unpaired) electrons. The van der Waals surface area contributed by atoms with Crippen molar-refractivity contribution in [3.63, 3.8) is 0 Å². The molecule has 0 aromatic heterocycles. The maximum absolute atomic E-state index is 12.9. The Labute approximate surface area is 248 Å². The summed E-state index contributed by atoms with van der Waals surface area (Å²) in [6.45, 7) is 7.60. The lowest BCUT2D eigenvalue weighted by atomic mass is 9.88. The zero-order valence-electron chi connectivity index (χ0n) is 24.7. The third-order valence-corrected chi connectivity index (χ3v) is 8.31. The standard InChI is InChI=1S/C33H42N4O5/c1-23(38)34-29-7-3-25(4-8-29)32(41)27-11-17-36(18-12-27)21-15-31(40)16-22-37-19-13-28(14-20-37)33(42)26-5-9-30(10-6-26)35-24(2)39/h3-10,27-28H,11-22H2,1-2H3,(H,34,38)(H,35,39). The average molecular weight is 575 g/mol. The summed E-state index contributed by atoms with van der Waals surface area (Å²) in [5.41, 5.74) is 2.70. The number of hydrogen-bond acceptors (Lipinski definition) is 7. The van der Waals surface area contributed by atoms with Crippen LogP contribution in [-0.4, -0.2) is 78.2 Å². The van der Waals surface area contributed by atoms with Crippen LogP contribution < -0.4 is 10.6 Å². The van der Waals surface area contributed by atoms with E-state index in [1.54, 1.807) is 48.5 Å². The zero-order chi connectivity index (χ0) is 30.1. The molecule has 2 aromatic carbocycles. The Bertz CT molecular complexity index is 1160. The van der Waals surface area contributed by atoms with Crippen LogP contribution in [0.15, 0.2) is 48.5 Å². The van der Waals surface area contributed by atoms with E-state index in [0.29, 0.717) is 35.3 Å². The van der Waals surface area contributed by atoms with E-state index in [0.717, 1.165) is 65.0 Å². The first-order valence-electron chi connectivity index (χ1n) is 15.0. The number of nitrogens with zero attached hydrogens (tertiary/aromatic N) is 2. The molecule has 2 aliphatic rings. The molecule has 9 heteroatoms. The molecular formula is C33H42N4O5. The van der Waals surface area contributed by atoms with Gasteiger partial charge in [-0.1, -0.05) is 0 Å². The lowest BCUT2D eigenvalue weighted by Gasteiger charge is -2.32. The summed E-state index contributed by atoms with van der Waals surface area (Å²) in [5.74, 6) is 0.236. The number of Topliss-reactive ketones (excluding diaryl/α,β-unsaturated/α-hetero) is 3. The number of hydrogen-bond donors (Lipinski definition) is 2. The van der Waals surface area contributed by atoms with Crippen LogP contribution >= 0.6 is 0 Å². The number of anilines is 2. The van der Waals surface area contributed by atoms with Crippen molar-refractivity contribution in [3.05, 3.63) is 59.7 Å². The molecule has 2 N–H and O–H groups in total. The quantitative estimate of drug-likeness (QED) is 0.360. The zero-order valence-corrected chi connectivity index (χ0v) is 24.7. The highest BCUT2D eigenvalue weighted by Gasteiger charge is 2.27. The topological polar surface area (TPSA) is 116 Å². The number of carbonyl (C=O) groups excluding carboxylic acids is 5. The van der Waals surface area contributed by atoms with Crippen molar-refractivity contribution >= 4 is 40.5 Å². The van der Waals surface area contributed by atoms with E-state index in [2.05, 4.69) is 20.4 Å². The minimum Gasteiger partial charge on any atom is -0.326 e. The number of carbonyl (C=O) groups is 5. The third kappa shape index (κ3) is 9.16. The van der Waals surface area contributed by atoms with Crippen molar-refractivity contribution in [1.29, 1.82) is 0 Å². The van der Waals surface area contributed by atoms with E-state index in [9.17, 15) is 24.0 Å². The van der Waals surface area contributed by atoms with Gasteiger partial charge in [0.2, 0.25) is 11.8 Å². The van der Waals surface area contributed by atoms with Gasteiger partial charge >= 0.3 is 0 Å². The second-order valence-corrected chi connectivity index (χ2v) is 11.5. The summed E-state index contributed by atoms with van der Waals surface area (Å²) in [5, 5.41) is 5.43. The van der Waals surface area contributed by atoms with Crippen molar-refractivity contribution in [2.24, 2.45) is 11.8 Å². The number of piperidine rings is 2. The fraction of sp³-hybridized carbons (Fsp3) is 0.485. The van der Waals surface area contributed by atoms with Crippen LogP contribution in [0.3, 0.4) is 0 Å². The molecule has 0 aliphatic carbocycles. The minimum absolute atomic E-state index is 0.0125. The first-order valence-corrected chi connectivity index (χ1v) is 15.0. The molecule has 42 heavy (non-hydrogen) atoms. The first kappa shape index (κ1) is 31.3. The Kier molecular flexibility index (Phi) is 11.1. The molecule has 4 rings (SSSR count). The number of nitrogens with one attached hydrogen (secondary N) is 2. The highest BCUT2D eigenvalue weighted by atomic mass is 16.2. The van der Waals surface area contributed by atoms with Crippen molar-refractivity contribution in [3.8, 4) is 0 Å². The minimum atomic E-state index is -0.141. The second kappa shape index (κ2) is 15.0. The maximum Gasteiger partial charge on any atom is 0.221 e. The maximum atomic E-state index is 12.9. The van der Waals surface area contributed by atoms with Gasteiger partial charge in [-0.05, 0) is 100 Å². The summed E-state index contributed by atoms with van der Waals surface area (Å²) < 4.78 is 0. The number of rotatable bonds is 12. The monoisotopic (exact) mass is 574 g/mol. The van der Waals surface area contributed by atoms with Gasteiger partial charge in [-0.3, -0.25) is 24.0 Å². The van der Waals surface area contributed by atoms with Gasteiger partial charge < -0.3 is 20.4 Å². The molecule has 2 heterocycles. The van der Waals surface area contributed by atoms with Gasteiger partial charge in [0.15, 0.2) is 11.6 Å². The van der Waals surface area contributed by atoms with Gasteiger partial charge in [-0.25, -0.2) is 0 Å². The molecule has 2 aliphatic heterocycles. The molecule has 0 saturated carbocycles. The van der Waals surface area contributed by atoms with Crippen molar-refractivity contribution in [2.75, 3.05) is 49.9 Å². The fourth-order valence-corrected chi connectivity index (χ4v) is 5.84. The Morgan fingerprint density at radius 1 is 0.595 bits per heavy atom. The highest BCUT2D eigenvalue weighted by molar-refractivity contribution is 5.99. The van der Waals surface area contributed by atoms with Crippen LogP contribution in [0, 0.1) is 11.8 Å². The third-order valence-electron chi connectivity index (χ3n) is 8.31. The molecule has 2 fully saturated rings. The van der Waals surface area contributed by atoms with Gasteiger partial charge in [0.1, 0.15) is 5.78 Å². The predicted molar refractivity (Wildman–Crippen MR) is 163 cm³/mol. The van der Waals surface area contributed by atoms with Crippen LogP contribution in [0.4, 0.5) is 11.4 Å². The van der Waals surface area contributed by atoms with Gasteiger partial charge in [-0.2, -0.15) is 0 Å². The van der Waals surface area contributed by atoms with Gasteiger partial charge in [0, 0.05) is 74.1 Å². The fourth-order valence-electron chi connectivity index (χ4n) is 5.84. The molecule has 0 atom stereocenters. The molecule has 9 nitrogen and oxygen atoms in total. The molecular weight excluding hydrogens is 532 g/mol. The molecule has 2 saturated heterocycles. The Morgan fingerprint density at radius 3 is 1.24 bits per heavy atom. The SMILES string of the molecule is CC(=O)Nc1ccc(C(=O)C2CCN(CCC(=O)CCN3CCC(C(=O)c4ccc(NC(C)=O)cc4)CC3)CC2)cc1. The van der Waals surface area contributed by atoms with Gasteiger partial charge in [0.25, 0.3) is 0 Å². The lowest BCUT2D eigenvalue weighted by molar-refractivity contribution is -0.120. The number of ketones is 3. The number of likely N-dealkylation sites (tertiary alicyclic amines) is 2. The second-order valence-electron chi connectivity index (χ2n) is 11.5. The molecule has 2 aromatic rings. The summed E-state index contributed by atoms with van der Waals surface area (Å²) in [4.78, 5) is 65.4. The normalized spacial score (nSPS) is 17.0. The average Bonchev–Trinajstić information content (AvgIpc) is 2.99. The van der Waals surface area contributed by atoms with E-state index in [1.807, 2.05) is 0 Å². The van der Waals surface area contributed by atoms with Crippen LogP contribution in [0.25, 0.3) is 0 Å². The summed E-state index contributed by atoms with van der Waals surface area (Å²) >= 11 is 0. The van der Waals surface area contributed by atoms with E-state index >= 15 is 0 Å². The van der Waals surface area contributed by atoms with E-state index in [-0.39, 0.29) is 41.0 Å². The van der Waals surface area contributed by atoms with Gasteiger partial charge in [0.05, 0.1) is 0 Å². The van der Waals surface area contributed by atoms with Crippen molar-refractivity contribution in [1.82, 2.24) is 9.80 Å². The number of benzene rings is 2. The molecule has 2 amide bonds. The number of amides is 2. The summed E-state index contributed by atoms with van der Waals surface area (Å²) in [7, 11) is 0. The van der Waals surface area contributed by atoms with Crippen LogP contribution in [-0.2, 0) is 14.4 Å². The Balaban J connectivity index is 1.10. The predicted octanol–water partition coefficient (Wildman–Crippen LogP) is 4.44. The van der Waals surface area contributed by atoms with Crippen LogP contribution in [0.1, 0.15) is 73.1 Å². The Morgan fingerprint density at radius 2 is 0.929 bits per heavy atom. The van der Waals surface area contributed by atoms with Crippen molar-refractivity contribution in [2.45, 2.75) is 52.4 Å². The van der Waals surface area contributed by atoms with Crippen LogP contribution in [0.5, 0.6) is 0 Å². The van der Waals surface area contributed by atoms with E-state index in [4.69, 9.17) is 0 Å². The molecule has 0 unspecified atom stereocenters. The highest BCUT2D eigenvalue weighted by Crippen LogP contribution is 2.24. The molecule has 0 bridgehead atoms. The first-order chi connectivity index (χ1) is 20.2. The van der Waals surface area contributed by atoms with Crippen molar-refractivity contribution < 1.29 is 24.0 Å². The van der Waals surface area contributed by atoms with E-state index < -0.39 is 0 Å². The Hall–Kier alpha value is -3.69. The molecule has 0 spiro atoms. The lowest BCUT2D eigenvalue weighted by Crippen LogP contribution is -2.38. The van der Waals surface area contributed by atoms with Crippen LogP contribution in [0.2, 0.25) is 0 Å². The summed E-state index contributed by atoms with van der Waals surface area (Å²) in [6.07, 6.45) is 4.18. The smallest absolute Gasteiger partial charge is 0.221 e. The van der Waals surface area contributed by atoms with E-state index in [1.165, 1.54) is 13.8 Å². The largest absolute Gasteiger partial charge is 0.326 e. The van der Waals surface area contributed by atoms with Gasteiger partial charge in [-0.15, -0.1) is 0 Å². The summed E-state index contributed by atoms with van der Waals surface area (Å²) in [6, 6.07) is 14.1.